The van der Waals surface area contributed by atoms with E-state index >= 15 is 0 Å². The fourth-order valence-electron chi connectivity index (χ4n) is 2.51. The number of piperidine rings is 1. The maximum absolute atomic E-state index is 12.5. The van der Waals surface area contributed by atoms with Gasteiger partial charge in [0.25, 0.3) is 0 Å². The minimum atomic E-state index is -3.34. The van der Waals surface area contributed by atoms with Crippen LogP contribution in [0.15, 0.2) is 24.3 Å². The van der Waals surface area contributed by atoms with Crippen LogP contribution in [0.25, 0.3) is 0 Å². The third-order valence-corrected chi connectivity index (χ3v) is 5.39. The maximum atomic E-state index is 12.5. The lowest BCUT2D eigenvalue weighted by Crippen LogP contribution is -2.43. The molecule has 0 amide bonds. The second-order valence-corrected chi connectivity index (χ2v) is 7.11. The minimum absolute atomic E-state index is 0.000472. The van der Waals surface area contributed by atoms with Crippen molar-refractivity contribution in [1.82, 2.24) is 4.31 Å². The van der Waals surface area contributed by atoms with Crippen LogP contribution in [0.5, 0.6) is 0 Å². The van der Waals surface area contributed by atoms with Crippen LogP contribution in [0.3, 0.4) is 0 Å². The summed E-state index contributed by atoms with van der Waals surface area (Å²) in [5.74, 6) is -0.0302. The van der Waals surface area contributed by atoms with E-state index in [-0.39, 0.29) is 11.9 Å². The summed E-state index contributed by atoms with van der Waals surface area (Å²) in [5.41, 5.74) is 1.23. The summed E-state index contributed by atoms with van der Waals surface area (Å²) in [6.07, 6.45) is 1.74. The van der Waals surface area contributed by atoms with Gasteiger partial charge in [0.2, 0.25) is 10.0 Å². The lowest BCUT2D eigenvalue weighted by atomic mass is 10.1. The number of benzene rings is 1. The Morgan fingerprint density at radius 2 is 2.10 bits per heavy atom. The molecule has 1 saturated heterocycles. The van der Waals surface area contributed by atoms with E-state index < -0.39 is 10.0 Å². The SMILES string of the molecule is CCOC1CCCN(S(=O)(=O)Cc2ccc(C#N)cc2)C1. The van der Waals surface area contributed by atoms with Crippen molar-refractivity contribution in [3.05, 3.63) is 35.4 Å². The number of hydrogen-bond donors (Lipinski definition) is 0. The van der Waals surface area contributed by atoms with E-state index in [1.165, 1.54) is 4.31 Å². The summed E-state index contributed by atoms with van der Waals surface area (Å²) in [5, 5.41) is 8.75. The molecule has 2 rings (SSSR count). The van der Waals surface area contributed by atoms with Gasteiger partial charge in [0.05, 0.1) is 23.5 Å². The first-order valence-electron chi connectivity index (χ1n) is 7.13. The Balaban J connectivity index is 2.05. The summed E-state index contributed by atoms with van der Waals surface area (Å²) >= 11 is 0. The minimum Gasteiger partial charge on any atom is -0.377 e. The zero-order valence-corrected chi connectivity index (χ0v) is 13.0. The van der Waals surface area contributed by atoms with Crippen molar-refractivity contribution < 1.29 is 13.2 Å². The molecule has 0 saturated carbocycles. The number of rotatable bonds is 5. The number of nitrogens with zero attached hydrogens (tertiary/aromatic N) is 2. The van der Waals surface area contributed by atoms with Gasteiger partial charge in [-0.1, -0.05) is 12.1 Å². The van der Waals surface area contributed by atoms with E-state index in [2.05, 4.69) is 0 Å². The molecule has 1 aromatic rings. The maximum Gasteiger partial charge on any atom is 0.218 e. The van der Waals surface area contributed by atoms with Crippen molar-refractivity contribution in [2.45, 2.75) is 31.6 Å². The van der Waals surface area contributed by atoms with Crippen LogP contribution in [0, 0.1) is 11.3 Å². The summed E-state index contributed by atoms with van der Waals surface area (Å²) in [6, 6.07) is 8.70. The predicted molar refractivity (Wildman–Crippen MR) is 80.0 cm³/mol. The van der Waals surface area contributed by atoms with Crippen LogP contribution in [0.1, 0.15) is 30.9 Å². The normalized spacial score (nSPS) is 20.1. The van der Waals surface area contributed by atoms with Gasteiger partial charge in [-0.05, 0) is 37.5 Å². The molecule has 0 bridgehead atoms. The highest BCUT2D eigenvalue weighted by Gasteiger charge is 2.29. The Hall–Kier alpha value is -1.42. The van der Waals surface area contributed by atoms with Gasteiger partial charge >= 0.3 is 0 Å². The molecule has 0 spiro atoms. The first kappa shape index (κ1) is 16.0. The molecule has 5 nitrogen and oxygen atoms in total. The third kappa shape index (κ3) is 4.27. The molecule has 21 heavy (non-hydrogen) atoms. The molecule has 1 aliphatic rings. The van der Waals surface area contributed by atoms with Crippen molar-refractivity contribution in [2.24, 2.45) is 0 Å². The standard InChI is InChI=1S/C15H20N2O3S/c1-2-20-15-4-3-9-17(11-15)21(18,19)12-14-7-5-13(10-16)6-8-14/h5-8,15H,2-4,9,11-12H2,1H3. The average Bonchev–Trinajstić information content (AvgIpc) is 2.48. The number of hydrogen-bond acceptors (Lipinski definition) is 4. The van der Waals surface area contributed by atoms with E-state index in [1.54, 1.807) is 24.3 Å². The first-order chi connectivity index (χ1) is 10.0. The van der Waals surface area contributed by atoms with Gasteiger partial charge in [-0.3, -0.25) is 0 Å². The van der Waals surface area contributed by atoms with Gasteiger partial charge in [-0.15, -0.1) is 0 Å². The van der Waals surface area contributed by atoms with Gasteiger partial charge < -0.3 is 4.74 Å². The Kier molecular flexibility index (Phi) is 5.34. The molecule has 114 valence electrons. The Morgan fingerprint density at radius 3 is 2.71 bits per heavy atom. The van der Waals surface area contributed by atoms with Gasteiger partial charge in [0, 0.05) is 19.7 Å². The fraction of sp³-hybridized carbons (Fsp3) is 0.533. The van der Waals surface area contributed by atoms with Crippen LogP contribution in [-0.2, 0) is 20.5 Å². The monoisotopic (exact) mass is 308 g/mol. The summed E-state index contributed by atoms with van der Waals surface area (Å²) < 4.78 is 32.0. The quantitative estimate of drug-likeness (QED) is 0.833. The van der Waals surface area contributed by atoms with Gasteiger partial charge in [0.15, 0.2) is 0 Å². The van der Waals surface area contributed by atoms with Crippen molar-refractivity contribution in [2.75, 3.05) is 19.7 Å². The Bertz CT molecular complexity index is 603. The lowest BCUT2D eigenvalue weighted by Gasteiger charge is -2.31. The van der Waals surface area contributed by atoms with Crippen molar-refractivity contribution >= 4 is 10.0 Å². The number of sulfonamides is 1. The second-order valence-electron chi connectivity index (χ2n) is 5.14. The molecule has 1 unspecified atom stereocenters. The first-order valence-corrected chi connectivity index (χ1v) is 8.74. The summed E-state index contributed by atoms with van der Waals surface area (Å²) in [6.45, 7) is 3.52. The van der Waals surface area contributed by atoms with E-state index in [0.29, 0.717) is 30.8 Å². The lowest BCUT2D eigenvalue weighted by molar-refractivity contribution is 0.0264. The predicted octanol–water partition coefficient (Wildman–Crippen LogP) is 1.89. The molecule has 1 heterocycles. The molecule has 1 aromatic carbocycles. The number of ether oxygens (including phenoxy) is 1. The topological polar surface area (TPSA) is 70.4 Å². The number of nitriles is 1. The third-order valence-electron chi connectivity index (χ3n) is 3.57. The van der Waals surface area contributed by atoms with Crippen LogP contribution in [0.2, 0.25) is 0 Å². The van der Waals surface area contributed by atoms with E-state index in [9.17, 15) is 8.42 Å². The second kappa shape index (κ2) is 7.03. The van der Waals surface area contributed by atoms with Crippen LogP contribution in [0.4, 0.5) is 0 Å². The van der Waals surface area contributed by atoms with Crippen LogP contribution >= 0.6 is 0 Å². The van der Waals surface area contributed by atoms with Crippen LogP contribution in [-0.4, -0.2) is 38.5 Å². The molecule has 0 aliphatic carbocycles. The molecule has 1 atom stereocenters. The van der Waals surface area contributed by atoms with Crippen molar-refractivity contribution in [3.8, 4) is 6.07 Å². The highest BCUT2D eigenvalue weighted by Crippen LogP contribution is 2.19. The van der Waals surface area contributed by atoms with E-state index in [0.717, 1.165) is 12.8 Å². The molecule has 1 aliphatic heterocycles. The smallest absolute Gasteiger partial charge is 0.218 e. The molecule has 0 aromatic heterocycles. The molecule has 0 radical (unpaired) electrons. The largest absolute Gasteiger partial charge is 0.377 e. The summed E-state index contributed by atoms with van der Waals surface area (Å²) in [7, 11) is -3.34. The van der Waals surface area contributed by atoms with Gasteiger partial charge in [-0.2, -0.15) is 9.57 Å². The van der Waals surface area contributed by atoms with Gasteiger partial charge in [0.1, 0.15) is 0 Å². The Morgan fingerprint density at radius 1 is 1.38 bits per heavy atom. The molecule has 6 heteroatoms. The molecular weight excluding hydrogens is 288 g/mol. The average molecular weight is 308 g/mol. The van der Waals surface area contributed by atoms with Gasteiger partial charge in [-0.25, -0.2) is 8.42 Å². The highest BCUT2D eigenvalue weighted by atomic mass is 32.2. The Labute approximate surface area is 126 Å². The fourth-order valence-corrected chi connectivity index (χ4v) is 4.10. The van der Waals surface area contributed by atoms with E-state index in [1.807, 2.05) is 13.0 Å². The van der Waals surface area contributed by atoms with Crippen molar-refractivity contribution in [1.29, 1.82) is 5.26 Å². The zero-order chi connectivity index (χ0) is 15.3. The van der Waals surface area contributed by atoms with E-state index in [4.69, 9.17) is 10.00 Å². The zero-order valence-electron chi connectivity index (χ0n) is 12.2. The highest BCUT2D eigenvalue weighted by molar-refractivity contribution is 7.88. The van der Waals surface area contributed by atoms with Crippen molar-refractivity contribution in [3.63, 3.8) is 0 Å². The molecule has 1 fully saturated rings. The molecule has 0 N–H and O–H groups in total. The molecular formula is C15H20N2O3S. The summed E-state index contributed by atoms with van der Waals surface area (Å²) in [4.78, 5) is 0. The van der Waals surface area contributed by atoms with Crippen LogP contribution < -0.4 is 0 Å².